The molecule has 6 atom stereocenters. The number of carbonyl (C=O) groups excluding carboxylic acids is 2. The Morgan fingerprint density at radius 1 is 0.933 bits per heavy atom. The summed E-state index contributed by atoms with van der Waals surface area (Å²) in [5, 5.41) is 0. The maximum Gasteiger partial charge on any atom is 0.317 e. The van der Waals surface area contributed by atoms with Gasteiger partial charge in [-0.15, -0.1) is 0 Å². The summed E-state index contributed by atoms with van der Waals surface area (Å²) in [7, 11) is 0. The van der Waals surface area contributed by atoms with Crippen molar-refractivity contribution in [1.82, 2.24) is 0 Å². The van der Waals surface area contributed by atoms with Crippen LogP contribution in [0.5, 0.6) is 0 Å². The van der Waals surface area contributed by atoms with Gasteiger partial charge >= 0.3 is 11.9 Å². The van der Waals surface area contributed by atoms with Crippen LogP contribution in [0.15, 0.2) is 0 Å². The normalized spacial score (nSPS) is 52.9. The van der Waals surface area contributed by atoms with Gasteiger partial charge in [-0.3, -0.25) is 9.59 Å². The van der Waals surface area contributed by atoms with Crippen molar-refractivity contribution in [2.45, 2.75) is 22.5 Å². The van der Waals surface area contributed by atoms with Crippen molar-refractivity contribution >= 4 is 43.8 Å². The Balaban J connectivity index is 2.03. The van der Waals surface area contributed by atoms with Gasteiger partial charge in [0.1, 0.15) is 0 Å². The highest BCUT2D eigenvalue weighted by molar-refractivity contribution is 9.12. The largest absolute Gasteiger partial charge is 0.393 e. The van der Waals surface area contributed by atoms with E-state index in [2.05, 4.69) is 31.9 Å². The summed E-state index contributed by atoms with van der Waals surface area (Å²) in [5.41, 5.74) is 0. The van der Waals surface area contributed by atoms with Crippen molar-refractivity contribution in [3.05, 3.63) is 0 Å². The number of esters is 2. The predicted molar refractivity (Wildman–Crippen MR) is 59.7 cm³/mol. The third-order valence-corrected chi connectivity index (χ3v) is 7.22. The van der Waals surface area contributed by atoms with Gasteiger partial charge in [-0.05, 0) is 24.7 Å². The van der Waals surface area contributed by atoms with Gasteiger partial charge in [0.05, 0.1) is 11.8 Å². The van der Waals surface area contributed by atoms with Gasteiger partial charge in [-0.1, -0.05) is 31.9 Å². The Kier molecular flexibility index (Phi) is 2.26. The highest BCUT2D eigenvalue weighted by Crippen LogP contribution is 2.56. The average Bonchev–Trinajstić information content (AvgIpc) is 2.51. The van der Waals surface area contributed by atoms with E-state index in [0.717, 1.165) is 12.8 Å². The molecule has 3 aliphatic carbocycles. The van der Waals surface area contributed by atoms with Crippen LogP contribution < -0.4 is 0 Å². The quantitative estimate of drug-likeness (QED) is 0.385. The lowest BCUT2D eigenvalue weighted by Crippen LogP contribution is -2.53. The molecular formula is C10H10Br2O3. The molecule has 1 saturated heterocycles. The van der Waals surface area contributed by atoms with E-state index in [1.54, 1.807) is 0 Å². The van der Waals surface area contributed by atoms with Gasteiger partial charge in [0.15, 0.2) is 0 Å². The van der Waals surface area contributed by atoms with E-state index in [0.29, 0.717) is 0 Å². The van der Waals surface area contributed by atoms with E-state index >= 15 is 0 Å². The number of ether oxygens (including phenoxy) is 1. The molecule has 1 heterocycles. The molecule has 15 heavy (non-hydrogen) atoms. The zero-order valence-electron chi connectivity index (χ0n) is 7.86. The minimum absolute atomic E-state index is 0.186. The highest BCUT2D eigenvalue weighted by Gasteiger charge is 2.62. The first kappa shape index (κ1) is 10.3. The number of cyclic esters (lactones) is 2. The molecule has 0 radical (unpaired) electrons. The number of rotatable bonds is 0. The van der Waals surface area contributed by atoms with E-state index in [1.165, 1.54) is 0 Å². The predicted octanol–water partition coefficient (Wildman–Crippen LogP) is 1.87. The maximum atomic E-state index is 11.6. The van der Waals surface area contributed by atoms with Crippen molar-refractivity contribution in [2.75, 3.05) is 0 Å². The van der Waals surface area contributed by atoms with E-state index in [9.17, 15) is 9.59 Å². The van der Waals surface area contributed by atoms with Crippen LogP contribution in [0.3, 0.4) is 0 Å². The fraction of sp³-hybridized carbons (Fsp3) is 0.800. The number of alkyl halides is 2. The molecule has 0 aromatic heterocycles. The maximum absolute atomic E-state index is 11.6. The summed E-state index contributed by atoms with van der Waals surface area (Å²) in [6.07, 6.45) is 2.04. The van der Waals surface area contributed by atoms with Crippen LogP contribution in [0.1, 0.15) is 12.8 Å². The van der Waals surface area contributed by atoms with Crippen LogP contribution >= 0.6 is 31.9 Å². The lowest BCUT2D eigenvalue weighted by atomic mass is 9.59. The minimum atomic E-state index is -0.302. The Morgan fingerprint density at radius 2 is 1.33 bits per heavy atom. The summed E-state index contributed by atoms with van der Waals surface area (Å²) in [5.74, 6) is -0.470. The summed E-state index contributed by atoms with van der Waals surface area (Å²) in [4.78, 5) is 23.7. The van der Waals surface area contributed by atoms with Crippen molar-refractivity contribution in [1.29, 1.82) is 0 Å². The Hall–Kier alpha value is 0.1000. The number of fused-ring (bicyclic) bond motifs is 2. The van der Waals surface area contributed by atoms with Gasteiger partial charge in [-0.2, -0.15) is 0 Å². The molecule has 3 saturated carbocycles. The smallest absolute Gasteiger partial charge is 0.317 e. The number of hydrogen-bond donors (Lipinski definition) is 0. The van der Waals surface area contributed by atoms with Crippen LogP contribution in [-0.4, -0.2) is 21.6 Å². The van der Waals surface area contributed by atoms with E-state index < -0.39 is 0 Å². The first-order valence-electron chi connectivity index (χ1n) is 5.15. The van der Waals surface area contributed by atoms with Crippen LogP contribution in [0.25, 0.3) is 0 Å². The SMILES string of the molecule is O=C1OC(=O)[C@H]2[C@H]3CC[C@@H]([C@H](Br)[C@H]3Br)[C@@H]12. The van der Waals surface area contributed by atoms with Gasteiger partial charge in [-0.25, -0.2) is 0 Å². The van der Waals surface area contributed by atoms with Crippen molar-refractivity contribution in [3.8, 4) is 0 Å². The number of hydrogen-bond acceptors (Lipinski definition) is 3. The zero-order valence-corrected chi connectivity index (χ0v) is 11.0. The number of carbonyl (C=O) groups is 2. The number of halogens is 2. The molecule has 3 nitrogen and oxygen atoms in total. The first-order chi connectivity index (χ1) is 7.11. The van der Waals surface area contributed by atoms with Crippen LogP contribution in [0.2, 0.25) is 0 Å². The molecule has 5 heteroatoms. The molecular weight excluding hydrogens is 328 g/mol. The van der Waals surface area contributed by atoms with E-state index in [1.807, 2.05) is 0 Å². The van der Waals surface area contributed by atoms with Crippen molar-refractivity contribution < 1.29 is 14.3 Å². The van der Waals surface area contributed by atoms with Crippen LogP contribution in [0.4, 0.5) is 0 Å². The molecule has 0 spiro atoms. The van der Waals surface area contributed by atoms with E-state index in [4.69, 9.17) is 4.74 Å². The van der Waals surface area contributed by atoms with Gasteiger partial charge in [0.2, 0.25) is 0 Å². The standard InChI is InChI=1S/C10H10Br2O3/c11-7-3-1-2-4(8(7)12)6-5(3)9(13)15-10(6)14/h3-8H,1-2H2/t3-,4-,5-,6+,7+,8+/m1/s1. The van der Waals surface area contributed by atoms with Gasteiger partial charge in [0, 0.05) is 9.65 Å². The molecule has 1 aliphatic heterocycles. The first-order valence-corrected chi connectivity index (χ1v) is 6.98. The average molecular weight is 338 g/mol. The molecule has 0 N–H and O–H groups in total. The summed E-state index contributed by atoms with van der Waals surface area (Å²) in [6.45, 7) is 0. The van der Waals surface area contributed by atoms with Crippen molar-refractivity contribution in [3.63, 3.8) is 0 Å². The Labute approximate surface area is 104 Å². The second-order valence-corrected chi connectivity index (χ2v) is 6.70. The topological polar surface area (TPSA) is 43.4 Å². The lowest BCUT2D eigenvalue weighted by Gasteiger charge is -2.48. The molecule has 2 bridgehead atoms. The fourth-order valence-electron chi connectivity index (χ4n) is 3.34. The van der Waals surface area contributed by atoms with Gasteiger partial charge < -0.3 is 4.74 Å². The molecule has 0 aromatic carbocycles. The molecule has 4 aliphatic rings. The second-order valence-electron chi connectivity index (χ2n) is 4.59. The second kappa shape index (κ2) is 3.29. The lowest BCUT2D eigenvalue weighted by molar-refractivity contribution is -0.154. The zero-order chi connectivity index (χ0) is 10.7. The van der Waals surface area contributed by atoms with Crippen LogP contribution in [0, 0.1) is 23.7 Å². The third kappa shape index (κ3) is 1.22. The molecule has 4 fully saturated rings. The molecule has 0 unspecified atom stereocenters. The molecule has 82 valence electrons. The third-order valence-electron chi connectivity index (χ3n) is 4.01. The van der Waals surface area contributed by atoms with Gasteiger partial charge in [0.25, 0.3) is 0 Å². The minimum Gasteiger partial charge on any atom is -0.393 e. The summed E-state index contributed by atoms with van der Waals surface area (Å²) >= 11 is 7.26. The Morgan fingerprint density at radius 3 is 1.73 bits per heavy atom. The van der Waals surface area contributed by atoms with Crippen molar-refractivity contribution in [2.24, 2.45) is 23.7 Å². The highest BCUT2D eigenvalue weighted by atomic mass is 79.9. The molecule has 0 amide bonds. The molecule has 0 aromatic rings. The fourth-order valence-corrected chi connectivity index (χ4v) is 5.31. The Bertz CT molecular complexity index is 312. The van der Waals surface area contributed by atoms with E-state index in [-0.39, 0.29) is 45.3 Å². The summed E-state index contributed by atoms with van der Waals surface area (Å²) < 4.78 is 4.77. The monoisotopic (exact) mass is 336 g/mol. The molecule has 4 rings (SSSR count). The van der Waals surface area contributed by atoms with Crippen LogP contribution in [-0.2, 0) is 14.3 Å². The summed E-state index contributed by atoms with van der Waals surface area (Å²) in [6, 6.07) is 0.